The molecule has 4 rings (SSSR count). The number of hydrogen-bond acceptors (Lipinski definition) is 3. The van der Waals surface area contributed by atoms with Crippen LogP contribution in [0.25, 0.3) is 0 Å². The molecule has 2 aromatic carbocycles. The molecule has 1 fully saturated rings. The summed E-state index contributed by atoms with van der Waals surface area (Å²) >= 11 is 1.56. The SMILES string of the molecule is O=C(CN(C(=O)c1cccc(F)c1)C1CCCCC1)N(Cc1ccc(F)cc1)Cc1cccs1. The summed E-state index contributed by atoms with van der Waals surface area (Å²) in [5.41, 5.74) is 1.06. The van der Waals surface area contributed by atoms with E-state index in [9.17, 15) is 18.4 Å². The highest BCUT2D eigenvalue weighted by molar-refractivity contribution is 7.09. The van der Waals surface area contributed by atoms with Crippen LogP contribution in [0.15, 0.2) is 66.0 Å². The Morgan fingerprint density at radius 3 is 2.32 bits per heavy atom. The number of carbonyl (C=O) groups is 2. The first-order valence-electron chi connectivity index (χ1n) is 11.6. The van der Waals surface area contributed by atoms with Crippen LogP contribution in [0.5, 0.6) is 0 Å². The Hall–Kier alpha value is -3.06. The number of thiophene rings is 1. The average Bonchev–Trinajstić information content (AvgIpc) is 3.37. The quantitative estimate of drug-likeness (QED) is 0.393. The van der Waals surface area contributed by atoms with Gasteiger partial charge in [-0.05, 0) is 60.2 Å². The second-order valence-electron chi connectivity index (χ2n) is 8.69. The van der Waals surface area contributed by atoms with Crippen LogP contribution in [0.3, 0.4) is 0 Å². The van der Waals surface area contributed by atoms with Crippen molar-refractivity contribution >= 4 is 23.2 Å². The van der Waals surface area contributed by atoms with Gasteiger partial charge in [0.05, 0.1) is 6.54 Å². The van der Waals surface area contributed by atoms with Crippen molar-refractivity contribution in [2.24, 2.45) is 0 Å². The summed E-state index contributed by atoms with van der Waals surface area (Å²) in [4.78, 5) is 31.4. The molecule has 1 aliphatic rings. The first-order valence-corrected chi connectivity index (χ1v) is 12.5. The lowest BCUT2D eigenvalue weighted by Crippen LogP contribution is -2.48. The van der Waals surface area contributed by atoms with Crippen molar-refractivity contribution in [2.45, 2.75) is 51.2 Å². The summed E-state index contributed by atoms with van der Waals surface area (Å²) in [6.07, 6.45) is 4.77. The van der Waals surface area contributed by atoms with Crippen LogP contribution in [0.2, 0.25) is 0 Å². The van der Waals surface area contributed by atoms with Crippen molar-refractivity contribution in [3.05, 3.63) is 93.7 Å². The minimum absolute atomic E-state index is 0.0529. The van der Waals surface area contributed by atoms with E-state index in [1.807, 2.05) is 17.5 Å². The topological polar surface area (TPSA) is 40.6 Å². The Balaban J connectivity index is 1.57. The van der Waals surface area contributed by atoms with Crippen LogP contribution in [0, 0.1) is 11.6 Å². The summed E-state index contributed by atoms with van der Waals surface area (Å²) in [5.74, 6) is -1.31. The van der Waals surface area contributed by atoms with Gasteiger partial charge >= 0.3 is 0 Å². The average molecular weight is 483 g/mol. The van der Waals surface area contributed by atoms with E-state index in [4.69, 9.17) is 0 Å². The molecule has 2 amide bonds. The van der Waals surface area contributed by atoms with Crippen molar-refractivity contribution in [3.8, 4) is 0 Å². The number of nitrogens with zero attached hydrogens (tertiary/aromatic N) is 2. The smallest absolute Gasteiger partial charge is 0.254 e. The maximum absolute atomic E-state index is 13.8. The highest BCUT2D eigenvalue weighted by Crippen LogP contribution is 2.25. The molecule has 7 heteroatoms. The van der Waals surface area contributed by atoms with Gasteiger partial charge in [-0.1, -0.05) is 43.5 Å². The van der Waals surface area contributed by atoms with Crippen molar-refractivity contribution in [3.63, 3.8) is 0 Å². The van der Waals surface area contributed by atoms with Crippen LogP contribution < -0.4 is 0 Å². The predicted molar refractivity (Wildman–Crippen MR) is 129 cm³/mol. The van der Waals surface area contributed by atoms with E-state index >= 15 is 0 Å². The summed E-state index contributed by atoms with van der Waals surface area (Å²) < 4.78 is 27.2. The minimum Gasteiger partial charge on any atom is -0.332 e. The summed E-state index contributed by atoms with van der Waals surface area (Å²) in [6.45, 7) is 0.636. The fourth-order valence-corrected chi connectivity index (χ4v) is 5.15. The molecule has 1 aliphatic carbocycles. The second kappa shape index (κ2) is 11.4. The maximum atomic E-state index is 13.8. The van der Waals surface area contributed by atoms with Gasteiger partial charge in [0.25, 0.3) is 5.91 Å². The van der Waals surface area contributed by atoms with E-state index < -0.39 is 5.82 Å². The summed E-state index contributed by atoms with van der Waals surface area (Å²) in [5, 5.41) is 1.96. The number of benzene rings is 2. The van der Waals surface area contributed by atoms with Gasteiger partial charge < -0.3 is 9.80 Å². The molecular formula is C27H28F2N2O2S. The lowest BCUT2D eigenvalue weighted by molar-refractivity contribution is -0.133. The minimum atomic E-state index is -0.476. The second-order valence-corrected chi connectivity index (χ2v) is 9.72. The molecule has 0 saturated heterocycles. The van der Waals surface area contributed by atoms with E-state index in [1.54, 1.807) is 39.3 Å². The molecule has 4 nitrogen and oxygen atoms in total. The maximum Gasteiger partial charge on any atom is 0.254 e. The van der Waals surface area contributed by atoms with Crippen molar-refractivity contribution in [1.82, 2.24) is 9.80 Å². The standard InChI is InChI=1S/C27H28F2N2O2S/c28-22-13-11-20(12-14-22)17-30(18-25-10-5-15-34-25)26(32)19-31(24-8-2-1-3-9-24)27(33)21-6-4-7-23(29)16-21/h4-7,10-16,24H,1-3,8-9,17-19H2. The third kappa shape index (κ3) is 6.29. The molecule has 178 valence electrons. The molecule has 0 aliphatic heterocycles. The Kier molecular flexibility index (Phi) is 8.06. The van der Waals surface area contributed by atoms with E-state index in [2.05, 4.69) is 0 Å². The first kappa shape index (κ1) is 24.1. The Morgan fingerprint density at radius 1 is 0.882 bits per heavy atom. The first-order chi connectivity index (χ1) is 16.5. The van der Waals surface area contributed by atoms with Gasteiger partial charge in [-0.3, -0.25) is 9.59 Å². The highest BCUT2D eigenvalue weighted by atomic mass is 32.1. The number of hydrogen-bond donors (Lipinski definition) is 0. The fraction of sp³-hybridized carbons (Fsp3) is 0.333. The summed E-state index contributed by atoms with van der Waals surface area (Å²) in [6, 6.07) is 15.6. The Labute approximate surface area is 202 Å². The van der Waals surface area contributed by atoms with E-state index in [1.165, 1.54) is 30.3 Å². The van der Waals surface area contributed by atoms with E-state index in [0.29, 0.717) is 13.1 Å². The van der Waals surface area contributed by atoms with Gasteiger partial charge in [0, 0.05) is 23.0 Å². The zero-order valence-electron chi connectivity index (χ0n) is 19.0. The number of carbonyl (C=O) groups excluding carboxylic acids is 2. The molecule has 0 radical (unpaired) electrons. The molecule has 0 atom stereocenters. The molecule has 0 bridgehead atoms. The monoisotopic (exact) mass is 482 g/mol. The lowest BCUT2D eigenvalue weighted by atomic mass is 9.93. The Bertz CT molecular complexity index is 1100. The number of halogens is 2. The molecule has 1 saturated carbocycles. The fourth-order valence-electron chi connectivity index (χ4n) is 4.43. The molecule has 0 spiro atoms. The molecule has 1 aromatic heterocycles. The molecule has 34 heavy (non-hydrogen) atoms. The van der Waals surface area contributed by atoms with Crippen LogP contribution in [-0.2, 0) is 17.9 Å². The van der Waals surface area contributed by atoms with Crippen molar-refractivity contribution in [2.75, 3.05) is 6.54 Å². The van der Waals surface area contributed by atoms with Crippen LogP contribution in [-0.4, -0.2) is 34.2 Å². The molecular weight excluding hydrogens is 454 g/mol. The molecule has 3 aromatic rings. The third-order valence-corrected chi connectivity index (χ3v) is 7.08. The van der Waals surface area contributed by atoms with Crippen LogP contribution in [0.1, 0.15) is 52.9 Å². The zero-order valence-corrected chi connectivity index (χ0v) is 19.8. The number of rotatable bonds is 8. The van der Waals surface area contributed by atoms with Crippen LogP contribution >= 0.6 is 11.3 Å². The third-order valence-electron chi connectivity index (χ3n) is 6.22. The van der Waals surface area contributed by atoms with Gasteiger partial charge in [-0.15, -0.1) is 11.3 Å². The molecule has 1 heterocycles. The lowest BCUT2D eigenvalue weighted by Gasteiger charge is -2.35. The van der Waals surface area contributed by atoms with Gasteiger partial charge in [0.1, 0.15) is 18.2 Å². The predicted octanol–water partition coefficient (Wildman–Crippen LogP) is 6.03. The molecule has 0 unspecified atom stereocenters. The Morgan fingerprint density at radius 2 is 1.65 bits per heavy atom. The highest BCUT2D eigenvalue weighted by Gasteiger charge is 2.30. The molecule has 0 N–H and O–H groups in total. The van der Waals surface area contributed by atoms with Gasteiger partial charge in [0.2, 0.25) is 5.91 Å². The van der Waals surface area contributed by atoms with Gasteiger partial charge in [-0.2, -0.15) is 0 Å². The van der Waals surface area contributed by atoms with Gasteiger partial charge in [0.15, 0.2) is 0 Å². The number of amides is 2. The van der Waals surface area contributed by atoms with Crippen LogP contribution in [0.4, 0.5) is 8.78 Å². The van der Waals surface area contributed by atoms with E-state index in [0.717, 1.165) is 42.5 Å². The zero-order chi connectivity index (χ0) is 23.9. The normalized spacial score (nSPS) is 14.1. The van der Waals surface area contributed by atoms with E-state index in [-0.39, 0.29) is 35.8 Å². The van der Waals surface area contributed by atoms with Gasteiger partial charge in [-0.25, -0.2) is 8.78 Å². The summed E-state index contributed by atoms with van der Waals surface area (Å²) in [7, 11) is 0. The largest absolute Gasteiger partial charge is 0.332 e. The van der Waals surface area contributed by atoms with Crippen molar-refractivity contribution in [1.29, 1.82) is 0 Å². The van der Waals surface area contributed by atoms with Crippen molar-refractivity contribution < 1.29 is 18.4 Å².